The fourth-order valence-corrected chi connectivity index (χ4v) is 10.1. The van der Waals surface area contributed by atoms with Crippen LogP contribution in [0.4, 0.5) is 0 Å². The van der Waals surface area contributed by atoms with Crippen LogP contribution in [0, 0.1) is 0 Å². The first-order valence-corrected chi connectivity index (χ1v) is 33.3. The quantitative estimate of drug-likeness (QED) is 0.0195. The van der Waals surface area contributed by atoms with Crippen LogP contribution in [-0.2, 0) is 33.3 Å². The van der Waals surface area contributed by atoms with E-state index in [1.54, 1.807) is 0 Å². The minimum absolute atomic E-state index is 0.153. The molecule has 0 heterocycles. The molecule has 2 atom stereocenters. The molecule has 0 saturated carbocycles. The zero-order valence-corrected chi connectivity index (χ0v) is 51.4. The number of unbranched alkanes of at least 4 members (excludes halogenated alkanes) is 46. The lowest BCUT2D eigenvalue weighted by molar-refractivity contribution is -0.870. The van der Waals surface area contributed by atoms with Crippen molar-refractivity contribution in [2.45, 2.75) is 354 Å². The predicted octanol–water partition coefficient (Wildman–Crippen LogP) is 18.7. The maximum absolute atomic E-state index is 12.9. The number of aliphatic carboxylic acids is 1. The van der Waals surface area contributed by atoms with Gasteiger partial charge in [0.2, 0.25) is 0 Å². The molecule has 0 aliphatic carbocycles. The molecule has 0 aliphatic heterocycles. The van der Waals surface area contributed by atoms with E-state index in [0.717, 1.165) is 38.5 Å². The summed E-state index contributed by atoms with van der Waals surface area (Å²) in [6, 6.07) is 0. The zero-order valence-electron chi connectivity index (χ0n) is 51.4. The molecule has 0 saturated heterocycles. The molecular formula is C67H129NO8. The van der Waals surface area contributed by atoms with Gasteiger partial charge in [0, 0.05) is 12.8 Å². The van der Waals surface area contributed by atoms with E-state index in [1.807, 2.05) is 21.1 Å². The van der Waals surface area contributed by atoms with Crippen LogP contribution in [0.2, 0.25) is 0 Å². The van der Waals surface area contributed by atoms with Gasteiger partial charge in [-0.2, -0.15) is 0 Å². The number of rotatable bonds is 63. The first-order valence-electron chi connectivity index (χ1n) is 33.3. The van der Waals surface area contributed by atoms with Gasteiger partial charge in [0.25, 0.3) is 0 Å². The molecule has 0 fully saturated rings. The SMILES string of the molecule is CCCCCCCCCC/C=C\CCCCCCCCCCCCCCCCCCCCCCCCCCCC(=O)OC(COC(=O)CCCCCCCCCCCCCCCC)COC(OCC[N+](C)(C)C)C(=O)[O-]. The van der Waals surface area contributed by atoms with Crippen LogP contribution in [0.25, 0.3) is 0 Å². The number of allylic oxidation sites excluding steroid dienone is 2. The van der Waals surface area contributed by atoms with Gasteiger partial charge < -0.3 is 33.3 Å². The highest BCUT2D eigenvalue weighted by atomic mass is 16.7. The summed E-state index contributed by atoms with van der Waals surface area (Å²) in [5, 5.41) is 11.8. The van der Waals surface area contributed by atoms with Crippen LogP contribution in [0.5, 0.6) is 0 Å². The Morgan fingerprint density at radius 2 is 0.671 bits per heavy atom. The summed E-state index contributed by atoms with van der Waals surface area (Å²) in [6.07, 6.45) is 67.4. The average Bonchev–Trinajstić information content (AvgIpc) is 3.39. The lowest BCUT2D eigenvalue weighted by atomic mass is 10.0. The van der Waals surface area contributed by atoms with Crippen molar-refractivity contribution in [2.24, 2.45) is 0 Å². The second-order valence-corrected chi connectivity index (χ2v) is 24.1. The lowest BCUT2D eigenvalue weighted by Crippen LogP contribution is -2.44. The number of nitrogens with zero attached hydrogens (tertiary/aromatic N) is 1. The molecule has 0 N–H and O–H groups in total. The van der Waals surface area contributed by atoms with Crippen molar-refractivity contribution in [3.8, 4) is 0 Å². The summed E-state index contributed by atoms with van der Waals surface area (Å²) in [5.41, 5.74) is 0. The molecule has 0 rings (SSSR count). The molecule has 0 amide bonds. The van der Waals surface area contributed by atoms with Crippen molar-refractivity contribution in [1.82, 2.24) is 0 Å². The van der Waals surface area contributed by atoms with E-state index in [-0.39, 0.29) is 32.2 Å². The van der Waals surface area contributed by atoms with Crippen LogP contribution in [0.3, 0.4) is 0 Å². The third-order valence-electron chi connectivity index (χ3n) is 15.3. The van der Waals surface area contributed by atoms with E-state index in [4.69, 9.17) is 18.9 Å². The Labute approximate surface area is 472 Å². The smallest absolute Gasteiger partial charge is 0.306 e. The van der Waals surface area contributed by atoms with Crippen LogP contribution < -0.4 is 5.11 Å². The van der Waals surface area contributed by atoms with E-state index in [0.29, 0.717) is 17.4 Å². The summed E-state index contributed by atoms with van der Waals surface area (Å²) in [4.78, 5) is 37.3. The Bertz CT molecular complexity index is 1250. The molecular weight excluding hydrogens is 947 g/mol. The lowest BCUT2D eigenvalue weighted by Gasteiger charge is -2.26. The van der Waals surface area contributed by atoms with Gasteiger partial charge in [0.15, 0.2) is 12.4 Å². The third-order valence-corrected chi connectivity index (χ3v) is 15.3. The number of carbonyl (C=O) groups is 3. The number of carbonyl (C=O) groups excluding carboxylic acids is 3. The van der Waals surface area contributed by atoms with E-state index in [9.17, 15) is 19.5 Å². The number of likely N-dealkylation sites (N-methyl/N-ethyl adjacent to an activating group) is 1. The molecule has 0 aliphatic rings. The number of hydrogen-bond acceptors (Lipinski definition) is 8. The van der Waals surface area contributed by atoms with Crippen LogP contribution in [0.1, 0.15) is 341 Å². The third kappa shape index (κ3) is 59.7. The molecule has 9 nitrogen and oxygen atoms in total. The molecule has 0 spiro atoms. The molecule has 0 aromatic heterocycles. The van der Waals surface area contributed by atoms with Gasteiger partial charge in [-0.3, -0.25) is 9.59 Å². The second kappa shape index (κ2) is 59.2. The van der Waals surface area contributed by atoms with E-state index in [2.05, 4.69) is 26.0 Å². The number of quaternary nitrogens is 1. The summed E-state index contributed by atoms with van der Waals surface area (Å²) in [7, 11) is 5.94. The Kier molecular flexibility index (Phi) is 57.6. The van der Waals surface area contributed by atoms with Crippen molar-refractivity contribution < 1.29 is 42.9 Å². The summed E-state index contributed by atoms with van der Waals surface area (Å²) in [6.45, 7) is 4.81. The maximum atomic E-state index is 12.9. The minimum Gasteiger partial charge on any atom is -0.545 e. The van der Waals surface area contributed by atoms with Gasteiger partial charge in [-0.25, -0.2) is 0 Å². The average molecular weight is 1080 g/mol. The molecule has 0 radical (unpaired) electrons. The van der Waals surface area contributed by atoms with Gasteiger partial charge in [0.1, 0.15) is 13.2 Å². The Morgan fingerprint density at radius 1 is 0.382 bits per heavy atom. The predicted molar refractivity (Wildman–Crippen MR) is 320 cm³/mol. The van der Waals surface area contributed by atoms with Crippen molar-refractivity contribution in [3.05, 3.63) is 12.2 Å². The molecule has 0 aromatic rings. The minimum atomic E-state index is -1.62. The fraction of sp³-hybridized carbons (Fsp3) is 0.925. The molecule has 0 aromatic carbocycles. The number of carboxylic acid groups (broad SMARTS) is 1. The molecule has 0 bridgehead atoms. The molecule has 9 heteroatoms. The highest BCUT2D eigenvalue weighted by Gasteiger charge is 2.22. The topological polar surface area (TPSA) is 111 Å². The van der Waals surface area contributed by atoms with Crippen LogP contribution in [0.15, 0.2) is 12.2 Å². The van der Waals surface area contributed by atoms with Gasteiger partial charge in [-0.15, -0.1) is 0 Å². The van der Waals surface area contributed by atoms with Crippen molar-refractivity contribution in [2.75, 3.05) is 47.5 Å². The van der Waals surface area contributed by atoms with Crippen molar-refractivity contribution >= 4 is 17.9 Å². The zero-order chi connectivity index (χ0) is 55.5. The normalized spacial score (nSPS) is 12.7. The van der Waals surface area contributed by atoms with E-state index in [1.165, 1.54) is 276 Å². The molecule has 76 heavy (non-hydrogen) atoms. The van der Waals surface area contributed by atoms with Gasteiger partial charge in [-0.1, -0.05) is 302 Å². The van der Waals surface area contributed by atoms with Gasteiger partial charge >= 0.3 is 11.9 Å². The van der Waals surface area contributed by atoms with Crippen LogP contribution in [-0.4, -0.2) is 82.3 Å². The fourth-order valence-electron chi connectivity index (χ4n) is 10.1. The maximum Gasteiger partial charge on any atom is 0.306 e. The standard InChI is InChI=1S/C67H129NO8/c1-6-8-10-12-14-16-18-20-22-23-24-25-26-27-28-29-30-31-32-33-34-35-36-37-38-39-40-41-42-43-44-46-48-50-52-54-56-58-65(70)76-63(62-75-67(66(71)72)73-60-59-68(3,4)5)61-74-64(69)57-55-53-51-49-47-45-21-19-17-15-13-11-9-7-2/h23-24,63,67H,6-22,25-62H2,1-5H3/b24-23-. The first-order chi connectivity index (χ1) is 37.1. The molecule has 2 unspecified atom stereocenters. The van der Waals surface area contributed by atoms with Crippen LogP contribution >= 0.6 is 0 Å². The first kappa shape index (κ1) is 74.0. The second-order valence-electron chi connectivity index (χ2n) is 24.1. The highest BCUT2D eigenvalue weighted by Crippen LogP contribution is 2.19. The summed E-state index contributed by atoms with van der Waals surface area (Å²) < 4.78 is 22.7. The van der Waals surface area contributed by atoms with Gasteiger partial charge in [-0.05, 0) is 38.5 Å². The Balaban J connectivity index is 3.93. The Morgan fingerprint density at radius 3 is 0.974 bits per heavy atom. The molecule has 450 valence electrons. The van der Waals surface area contributed by atoms with E-state index < -0.39 is 24.3 Å². The largest absolute Gasteiger partial charge is 0.545 e. The van der Waals surface area contributed by atoms with Crippen molar-refractivity contribution in [3.63, 3.8) is 0 Å². The highest BCUT2D eigenvalue weighted by molar-refractivity contribution is 5.70. The number of ether oxygens (including phenoxy) is 4. The monoisotopic (exact) mass is 1080 g/mol. The summed E-state index contributed by atoms with van der Waals surface area (Å²) >= 11 is 0. The number of hydrogen-bond donors (Lipinski definition) is 0. The summed E-state index contributed by atoms with van der Waals surface area (Å²) in [5.74, 6) is -2.25. The number of carboxylic acids is 1. The Hall–Kier alpha value is -1.97. The van der Waals surface area contributed by atoms with Crippen molar-refractivity contribution in [1.29, 1.82) is 0 Å². The number of esters is 2. The van der Waals surface area contributed by atoms with E-state index >= 15 is 0 Å². The van der Waals surface area contributed by atoms with Gasteiger partial charge in [0.05, 0.1) is 40.3 Å².